The number of hydrogen-bond acceptors (Lipinski definition) is 1. The number of anilines is 3. The molecule has 0 bridgehead atoms. The van der Waals surface area contributed by atoms with Crippen LogP contribution in [0.25, 0.3) is 87.6 Å². The van der Waals surface area contributed by atoms with Gasteiger partial charge in [0.05, 0.1) is 0 Å². The largest absolute Gasteiger partial charge is 0.310 e. The first-order chi connectivity index (χ1) is 29.2. The Morgan fingerprint density at radius 2 is 0.678 bits per heavy atom. The van der Waals surface area contributed by atoms with Gasteiger partial charge in [-0.2, -0.15) is 0 Å². The molecule has 0 fully saturated rings. The van der Waals surface area contributed by atoms with Crippen molar-refractivity contribution in [3.63, 3.8) is 0 Å². The highest BCUT2D eigenvalue weighted by Gasteiger charge is 2.16. The van der Waals surface area contributed by atoms with Gasteiger partial charge >= 0.3 is 0 Å². The van der Waals surface area contributed by atoms with E-state index in [9.17, 15) is 0 Å². The van der Waals surface area contributed by atoms with Crippen molar-refractivity contribution in [1.82, 2.24) is 0 Å². The fraction of sp³-hybridized carbons (Fsp3) is 0. The van der Waals surface area contributed by atoms with Gasteiger partial charge in [0.1, 0.15) is 0 Å². The summed E-state index contributed by atoms with van der Waals surface area (Å²) >= 11 is 0. The molecular formula is C58H39N. The lowest BCUT2D eigenvalue weighted by atomic mass is 9.88. The van der Waals surface area contributed by atoms with E-state index in [0.29, 0.717) is 0 Å². The molecular weight excluding hydrogens is 711 g/mol. The first kappa shape index (κ1) is 34.5. The van der Waals surface area contributed by atoms with E-state index < -0.39 is 0 Å². The van der Waals surface area contributed by atoms with Crippen LogP contribution in [-0.4, -0.2) is 0 Å². The highest BCUT2D eigenvalue weighted by atomic mass is 15.1. The summed E-state index contributed by atoms with van der Waals surface area (Å²) in [6.45, 7) is 0. The van der Waals surface area contributed by atoms with Crippen LogP contribution in [-0.2, 0) is 0 Å². The van der Waals surface area contributed by atoms with Gasteiger partial charge in [0.15, 0.2) is 0 Å². The number of nitrogens with zero attached hydrogens (tertiary/aromatic N) is 1. The van der Waals surface area contributed by atoms with Crippen LogP contribution in [0, 0.1) is 0 Å². The summed E-state index contributed by atoms with van der Waals surface area (Å²) in [5.41, 5.74) is 13.0. The molecule has 0 aliphatic heterocycles. The maximum absolute atomic E-state index is 2.39. The van der Waals surface area contributed by atoms with Crippen LogP contribution in [0.1, 0.15) is 0 Å². The summed E-state index contributed by atoms with van der Waals surface area (Å²) in [6.07, 6.45) is 0. The van der Waals surface area contributed by atoms with Crippen LogP contribution in [0.4, 0.5) is 17.1 Å². The van der Waals surface area contributed by atoms with Crippen molar-refractivity contribution in [3.05, 3.63) is 237 Å². The average molecular weight is 750 g/mol. The fourth-order valence-corrected chi connectivity index (χ4v) is 8.93. The number of fused-ring (bicyclic) bond motifs is 7. The molecule has 11 aromatic rings. The van der Waals surface area contributed by atoms with Crippen molar-refractivity contribution in [1.29, 1.82) is 0 Å². The first-order valence-electron chi connectivity index (χ1n) is 20.3. The van der Waals surface area contributed by atoms with E-state index in [4.69, 9.17) is 0 Å². The Bertz CT molecular complexity index is 3290. The van der Waals surface area contributed by atoms with E-state index in [2.05, 4.69) is 241 Å². The molecule has 0 aliphatic rings. The van der Waals surface area contributed by atoms with E-state index >= 15 is 0 Å². The van der Waals surface area contributed by atoms with Crippen LogP contribution in [0.2, 0.25) is 0 Å². The number of benzene rings is 11. The van der Waals surface area contributed by atoms with Crippen LogP contribution in [0.15, 0.2) is 237 Å². The minimum atomic E-state index is 1.11. The van der Waals surface area contributed by atoms with Crippen molar-refractivity contribution in [2.24, 2.45) is 0 Å². The summed E-state index contributed by atoms with van der Waals surface area (Å²) in [7, 11) is 0. The van der Waals surface area contributed by atoms with Crippen LogP contribution in [0.3, 0.4) is 0 Å². The molecule has 0 radical (unpaired) electrons. The van der Waals surface area contributed by atoms with Gasteiger partial charge in [-0.3, -0.25) is 0 Å². The van der Waals surface area contributed by atoms with Gasteiger partial charge in [-0.15, -0.1) is 0 Å². The fourth-order valence-electron chi connectivity index (χ4n) is 8.93. The maximum atomic E-state index is 2.39. The Morgan fingerprint density at radius 1 is 0.220 bits per heavy atom. The lowest BCUT2D eigenvalue weighted by molar-refractivity contribution is 1.28. The van der Waals surface area contributed by atoms with Gasteiger partial charge in [-0.05, 0) is 136 Å². The smallest absolute Gasteiger partial charge is 0.0467 e. The normalized spacial score (nSPS) is 11.4. The molecule has 0 saturated heterocycles. The SMILES string of the molecule is c1ccc(-c2cccc(-c3ccc(N(c4ccccc4)c4cccc(-c5ccc(-c6cc7ccc8ccccc8c7c7c6ccc6ccccc67)cc5)c4)cc3)c2)cc1. The molecule has 1 heteroatoms. The second-order valence-corrected chi connectivity index (χ2v) is 15.3. The lowest BCUT2D eigenvalue weighted by Gasteiger charge is -2.26. The Morgan fingerprint density at radius 3 is 1.37 bits per heavy atom. The minimum Gasteiger partial charge on any atom is -0.310 e. The van der Waals surface area contributed by atoms with E-state index in [0.717, 1.165) is 17.1 Å². The summed E-state index contributed by atoms with van der Waals surface area (Å²) in [5.74, 6) is 0. The van der Waals surface area contributed by atoms with Gasteiger partial charge < -0.3 is 4.90 Å². The van der Waals surface area contributed by atoms with Gasteiger partial charge in [0.2, 0.25) is 0 Å². The van der Waals surface area contributed by atoms with Gasteiger partial charge in [0.25, 0.3) is 0 Å². The van der Waals surface area contributed by atoms with Gasteiger partial charge in [-0.25, -0.2) is 0 Å². The second-order valence-electron chi connectivity index (χ2n) is 15.3. The molecule has 0 aromatic heterocycles. The summed E-state index contributed by atoms with van der Waals surface area (Å²) < 4.78 is 0. The van der Waals surface area contributed by atoms with Crippen molar-refractivity contribution < 1.29 is 0 Å². The van der Waals surface area contributed by atoms with Crippen molar-refractivity contribution >= 4 is 60.2 Å². The Kier molecular flexibility index (Phi) is 8.56. The van der Waals surface area contributed by atoms with Crippen molar-refractivity contribution in [2.45, 2.75) is 0 Å². The molecule has 11 aromatic carbocycles. The molecule has 0 heterocycles. The van der Waals surface area contributed by atoms with Crippen molar-refractivity contribution in [3.8, 4) is 44.5 Å². The van der Waals surface area contributed by atoms with Gasteiger partial charge in [-0.1, -0.05) is 188 Å². The first-order valence-corrected chi connectivity index (χ1v) is 20.3. The van der Waals surface area contributed by atoms with Crippen LogP contribution < -0.4 is 4.90 Å². The zero-order valence-electron chi connectivity index (χ0n) is 32.5. The molecule has 0 spiro atoms. The zero-order chi connectivity index (χ0) is 39.1. The van der Waals surface area contributed by atoms with E-state index in [1.807, 2.05) is 0 Å². The molecule has 0 N–H and O–H groups in total. The third-order valence-electron chi connectivity index (χ3n) is 11.8. The Balaban J connectivity index is 0.962. The number of rotatable bonds is 7. The molecule has 1 nitrogen and oxygen atoms in total. The van der Waals surface area contributed by atoms with E-state index in [-0.39, 0.29) is 0 Å². The average Bonchev–Trinajstić information content (AvgIpc) is 3.32. The minimum absolute atomic E-state index is 1.11. The van der Waals surface area contributed by atoms with E-state index in [1.165, 1.54) is 87.6 Å². The second kappa shape index (κ2) is 14.6. The molecule has 0 unspecified atom stereocenters. The van der Waals surface area contributed by atoms with Crippen LogP contribution in [0.5, 0.6) is 0 Å². The lowest BCUT2D eigenvalue weighted by Crippen LogP contribution is -2.09. The standard InChI is InChI=1S/C58H39N/c1-3-13-40(14-4-1)46-17-11-18-47(37-46)42-31-34-51(35-32-42)59(50-20-5-2-6-21-50)52-22-12-19-48(38-52)41-25-27-45(28-26-41)56-39-49-30-29-43-15-7-9-23-53(43)57(49)58-54-24-10-8-16-44(54)33-36-55(56)58/h1-39H. The summed E-state index contributed by atoms with van der Waals surface area (Å²) in [4.78, 5) is 2.34. The molecule has 0 aliphatic carbocycles. The highest BCUT2D eigenvalue weighted by Crippen LogP contribution is 2.43. The highest BCUT2D eigenvalue weighted by molar-refractivity contribution is 6.30. The quantitative estimate of drug-likeness (QED) is 0.147. The third-order valence-corrected chi connectivity index (χ3v) is 11.8. The number of para-hydroxylation sites is 1. The molecule has 0 saturated carbocycles. The molecule has 59 heavy (non-hydrogen) atoms. The Labute approximate surface area is 344 Å². The number of hydrogen-bond donors (Lipinski definition) is 0. The summed E-state index contributed by atoms with van der Waals surface area (Å²) in [6, 6.07) is 86.1. The molecule has 276 valence electrons. The summed E-state index contributed by atoms with van der Waals surface area (Å²) in [5, 5.41) is 10.3. The molecule has 0 atom stereocenters. The molecule has 0 amide bonds. The third kappa shape index (κ3) is 6.30. The Hall–Kier alpha value is -7.74. The van der Waals surface area contributed by atoms with Crippen molar-refractivity contribution in [2.75, 3.05) is 4.90 Å². The zero-order valence-corrected chi connectivity index (χ0v) is 32.5. The molecule has 11 rings (SSSR count). The van der Waals surface area contributed by atoms with Gasteiger partial charge in [0, 0.05) is 17.1 Å². The van der Waals surface area contributed by atoms with Crippen LogP contribution >= 0.6 is 0 Å². The monoisotopic (exact) mass is 749 g/mol. The van der Waals surface area contributed by atoms with E-state index in [1.54, 1.807) is 0 Å². The predicted molar refractivity (Wildman–Crippen MR) is 253 cm³/mol. The topological polar surface area (TPSA) is 3.24 Å². The maximum Gasteiger partial charge on any atom is 0.0467 e. The predicted octanol–water partition coefficient (Wildman–Crippen LogP) is 16.4.